The quantitative estimate of drug-likeness (QED) is 0.536. The standard InChI is InChI=1S/C9H6I2N2/c10-8-5-7(6-9(11)12-8)13-3-1-2-4-13/h1-6H. The molecule has 66 valence electrons. The zero-order chi connectivity index (χ0) is 9.26. The highest BCUT2D eigenvalue weighted by molar-refractivity contribution is 14.1. The van der Waals surface area contributed by atoms with Gasteiger partial charge >= 0.3 is 0 Å². The topological polar surface area (TPSA) is 17.8 Å². The van der Waals surface area contributed by atoms with Gasteiger partial charge in [-0.1, -0.05) is 0 Å². The minimum Gasteiger partial charge on any atom is -0.324 e. The van der Waals surface area contributed by atoms with Crippen LogP contribution in [-0.4, -0.2) is 9.55 Å². The lowest BCUT2D eigenvalue weighted by Gasteiger charge is -2.03. The van der Waals surface area contributed by atoms with Crippen molar-refractivity contribution < 1.29 is 0 Å². The lowest BCUT2D eigenvalue weighted by molar-refractivity contribution is 1.05. The molecule has 0 spiro atoms. The molecule has 2 heterocycles. The normalized spacial score (nSPS) is 10.3. The van der Waals surface area contributed by atoms with Gasteiger partial charge in [-0.2, -0.15) is 0 Å². The van der Waals surface area contributed by atoms with Crippen LogP contribution >= 0.6 is 45.2 Å². The van der Waals surface area contributed by atoms with Crippen molar-refractivity contribution in [3.05, 3.63) is 44.1 Å². The molecule has 4 heteroatoms. The van der Waals surface area contributed by atoms with Gasteiger partial charge in [0, 0.05) is 12.4 Å². The van der Waals surface area contributed by atoms with Gasteiger partial charge in [-0.25, -0.2) is 4.98 Å². The molecule has 0 saturated carbocycles. The van der Waals surface area contributed by atoms with Crippen molar-refractivity contribution in [2.24, 2.45) is 0 Å². The van der Waals surface area contributed by atoms with Gasteiger partial charge in [-0.15, -0.1) is 0 Å². The molecule has 0 atom stereocenters. The first-order chi connectivity index (χ1) is 6.25. The lowest BCUT2D eigenvalue weighted by Crippen LogP contribution is -1.94. The fourth-order valence-electron chi connectivity index (χ4n) is 1.11. The highest BCUT2D eigenvalue weighted by Gasteiger charge is 1.99. The van der Waals surface area contributed by atoms with E-state index in [0.717, 1.165) is 13.1 Å². The van der Waals surface area contributed by atoms with Crippen molar-refractivity contribution in [3.8, 4) is 5.69 Å². The molecule has 0 fully saturated rings. The summed E-state index contributed by atoms with van der Waals surface area (Å²) in [5, 5.41) is 0. The summed E-state index contributed by atoms with van der Waals surface area (Å²) in [6, 6.07) is 8.14. The maximum Gasteiger partial charge on any atom is 0.104 e. The Morgan fingerprint density at radius 1 is 1.00 bits per heavy atom. The van der Waals surface area contributed by atoms with Crippen molar-refractivity contribution >= 4 is 45.2 Å². The zero-order valence-corrected chi connectivity index (χ0v) is 10.9. The second-order valence-corrected chi connectivity index (χ2v) is 4.77. The van der Waals surface area contributed by atoms with Gasteiger partial charge in [0.25, 0.3) is 0 Å². The van der Waals surface area contributed by atoms with Crippen LogP contribution in [0.25, 0.3) is 5.69 Å². The van der Waals surface area contributed by atoms with Crippen molar-refractivity contribution in [1.29, 1.82) is 0 Å². The molecular weight excluding hydrogens is 390 g/mol. The first-order valence-corrected chi connectivity index (χ1v) is 5.88. The van der Waals surface area contributed by atoms with Gasteiger partial charge in [0.1, 0.15) is 7.40 Å². The van der Waals surface area contributed by atoms with E-state index in [1.54, 1.807) is 0 Å². The van der Waals surface area contributed by atoms with E-state index in [1.165, 1.54) is 0 Å². The fraction of sp³-hybridized carbons (Fsp3) is 0. The SMILES string of the molecule is Ic1cc(-n2cccc2)cc(I)n1. The van der Waals surface area contributed by atoms with E-state index < -0.39 is 0 Å². The third kappa shape index (κ3) is 2.22. The summed E-state index contributed by atoms with van der Waals surface area (Å²) in [5.41, 5.74) is 1.16. The van der Waals surface area contributed by atoms with Crippen LogP contribution in [0.3, 0.4) is 0 Å². The highest BCUT2D eigenvalue weighted by Crippen LogP contribution is 2.14. The predicted octanol–water partition coefficient (Wildman–Crippen LogP) is 3.08. The maximum absolute atomic E-state index is 4.30. The summed E-state index contributed by atoms with van der Waals surface area (Å²) >= 11 is 4.45. The molecule has 2 rings (SSSR count). The highest BCUT2D eigenvalue weighted by atomic mass is 127. The van der Waals surface area contributed by atoms with Gasteiger partial charge in [-0.05, 0) is 69.4 Å². The minimum atomic E-state index is 1.02. The Balaban J connectivity index is 2.53. The van der Waals surface area contributed by atoms with Crippen LogP contribution in [0.15, 0.2) is 36.7 Å². The van der Waals surface area contributed by atoms with Gasteiger partial charge in [0.2, 0.25) is 0 Å². The third-order valence-electron chi connectivity index (χ3n) is 1.65. The first-order valence-electron chi connectivity index (χ1n) is 3.72. The Kier molecular flexibility index (Phi) is 2.87. The van der Waals surface area contributed by atoms with E-state index in [0.29, 0.717) is 0 Å². The van der Waals surface area contributed by atoms with Crippen LogP contribution in [0.1, 0.15) is 0 Å². The Morgan fingerprint density at radius 2 is 1.54 bits per heavy atom. The van der Waals surface area contributed by atoms with E-state index in [1.807, 2.05) is 24.5 Å². The molecule has 0 aliphatic heterocycles. The monoisotopic (exact) mass is 396 g/mol. The molecule has 0 saturated heterocycles. The van der Waals surface area contributed by atoms with E-state index in [-0.39, 0.29) is 0 Å². The largest absolute Gasteiger partial charge is 0.324 e. The Bertz CT molecular complexity index is 389. The lowest BCUT2D eigenvalue weighted by atomic mass is 10.4. The van der Waals surface area contributed by atoms with E-state index >= 15 is 0 Å². The molecule has 13 heavy (non-hydrogen) atoms. The number of rotatable bonds is 1. The van der Waals surface area contributed by atoms with Crippen LogP contribution in [-0.2, 0) is 0 Å². The van der Waals surface area contributed by atoms with Gasteiger partial charge in [0.15, 0.2) is 0 Å². The van der Waals surface area contributed by atoms with Crippen molar-refractivity contribution in [2.75, 3.05) is 0 Å². The summed E-state index contributed by atoms with van der Waals surface area (Å²) < 4.78 is 4.12. The predicted molar refractivity (Wildman–Crippen MR) is 69.0 cm³/mol. The van der Waals surface area contributed by atoms with Crippen LogP contribution < -0.4 is 0 Å². The molecule has 0 radical (unpaired) electrons. The molecule has 2 aromatic rings. The van der Waals surface area contributed by atoms with Crippen molar-refractivity contribution in [1.82, 2.24) is 9.55 Å². The number of nitrogens with zero attached hydrogens (tertiary/aromatic N) is 2. The average molecular weight is 396 g/mol. The third-order valence-corrected chi connectivity index (χ3v) is 2.76. The summed E-state index contributed by atoms with van der Waals surface area (Å²) in [4.78, 5) is 4.30. The Hall–Kier alpha value is -0.110. The zero-order valence-electron chi connectivity index (χ0n) is 6.61. The smallest absolute Gasteiger partial charge is 0.104 e. The fourth-order valence-corrected chi connectivity index (χ4v) is 2.73. The first kappa shape index (κ1) is 9.45. The molecule has 0 unspecified atom stereocenters. The van der Waals surface area contributed by atoms with Crippen LogP contribution in [0.2, 0.25) is 0 Å². The van der Waals surface area contributed by atoms with E-state index in [9.17, 15) is 0 Å². The number of halogens is 2. The molecule has 2 nitrogen and oxygen atoms in total. The summed E-state index contributed by atoms with van der Waals surface area (Å²) in [6.45, 7) is 0. The van der Waals surface area contributed by atoms with Crippen molar-refractivity contribution in [2.45, 2.75) is 0 Å². The van der Waals surface area contributed by atoms with Crippen molar-refractivity contribution in [3.63, 3.8) is 0 Å². The number of hydrogen-bond donors (Lipinski definition) is 0. The summed E-state index contributed by atoms with van der Waals surface area (Å²) in [7, 11) is 0. The molecule has 0 bridgehead atoms. The van der Waals surface area contributed by atoms with E-state index in [4.69, 9.17) is 0 Å². The van der Waals surface area contributed by atoms with Gasteiger partial charge in [0.05, 0.1) is 5.69 Å². The molecule has 0 aromatic carbocycles. The Labute approximate surface area is 104 Å². The van der Waals surface area contributed by atoms with Crippen LogP contribution in [0, 0.1) is 7.40 Å². The second kappa shape index (κ2) is 3.95. The van der Waals surface area contributed by atoms with Crippen LogP contribution in [0.5, 0.6) is 0 Å². The average Bonchev–Trinajstić information content (AvgIpc) is 2.53. The van der Waals surface area contributed by atoms with E-state index in [2.05, 4.69) is 66.9 Å². The molecule has 0 N–H and O–H groups in total. The molecule has 0 aliphatic carbocycles. The summed E-state index contributed by atoms with van der Waals surface area (Å²) in [6.07, 6.45) is 4.06. The van der Waals surface area contributed by atoms with Gasteiger partial charge < -0.3 is 4.57 Å². The number of pyridine rings is 1. The molecule has 2 aromatic heterocycles. The molecular formula is C9H6I2N2. The van der Waals surface area contributed by atoms with Crippen LogP contribution in [0.4, 0.5) is 0 Å². The molecule has 0 amide bonds. The maximum atomic E-state index is 4.30. The second-order valence-electron chi connectivity index (χ2n) is 2.56. The van der Waals surface area contributed by atoms with Gasteiger partial charge in [-0.3, -0.25) is 0 Å². The minimum absolute atomic E-state index is 1.02. The number of aromatic nitrogens is 2. The summed E-state index contributed by atoms with van der Waals surface area (Å²) in [5.74, 6) is 0. The number of hydrogen-bond acceptors (Lipinski definition) is 1. The molecule has 0 aliphatic rings. The Morgan fingerprint density at radius 3 is 2.08 bits per heavy atom.